The maximum Gasteiger partial charge on any atom is 0.0715 e. The molecular weight excluding hydrogens is 196 g/mol. The van der Waals surface area contributed by atoms with E-state index >= 15 is 0 Å². The number of hydrogen-bond donors (Lipinski definition) is 0. The smallest absolute Gasteiger partial charge is 0.0715 e. The highest BCUT2D eigenvalue weighted by Crippen LogP contribution is 2.53. The van der Waals surface area contributed by atoms with Crippen LogP contribution in [-0.2, 0) is 4.74 Å². The van der Waals surface area contributed by atoms with Crippen LogP contribution in [0.1, 0.15) is 77.6 Å². The van der Waals surface area contributed by atoms with E-state index in [1.54, 1.807) is 0 Å². The molecule has 16 heavy (non-hydrogen) atoms. The van der Waals surface area contributed by atoms with E-state index in [0.717, 1.165) is 12.5 Å². The van der Waals surface area contributed by atoms with E-state index in [1.165, 1.54) is 70.6 Å². The van der Waals surface area contributed by atoms with Crippen LogP contribution in [0.4, 0.5) is 0 Å². The van der Waals surface area contributed by atoms with Crippen molar-refractivity contribution < 1.29 is 4.74 Å². The molecule has 1 heteroatoms. The molecule has 0 bridgehead atoms. The molecule has 2 rings (SSSR count). The van der Waals surface area contributed by atoms with Gasteiger partial charge in [0.2, 0.25) is 0 Å². The zero-order chi connectivity index (χ0) is 11.3. The molecule has 2 fully saturated rings. The number of ether oxygens (including phenoxy) is 1. The summed E-state index contributed by atoms with van der Waals surface area (Å²) >= 11 is 0. The number of hydrogen-bond acceptors (Lipinski definition) is 1. The van der Waals surface area contributed by atoms with Crippen molar-refractivity contribution in [3.63, 3.8) is 0 Å². The summed E-state index contributed by atoms with van der Waals surface area (Å²) in [4.78, 5) is 0. The van der Waals surface area contributed by atoms with Crippen LogP contribution in [0.25, 0.3) is 0 Å². The van der Waals surface area contributed by atoms with Gasteiger partial charge in [-0.15, -0.1) is 0 Å². The Bertz CT molecular complexity index is 202. The Morgan fingerprint density at radius 3 is 2.25 bits per heavy atom. The molecule has 2 aliphatic carbocycles. The largest absolute Gasteiger partial charge is 0.375 e. The molecular formula is C15H28O. The van der Waals surface area contributed by atoms with Gasteiger partial charge in [-0.2, -0.15) is 0 Å². The standard InChI is InChI=1S/C15H28O/c1-2-16-15-12-10-8-6-4-3-5-7-9-11-14(15)13-15/h14H,2-13H2,1H3. The Hall–Kier alpha value is -0.0400. The van der Waals surface area contributed by atoms with Gasteiger partial charge in [-0.1, -0.05) is 51.4 Å². The monoisotopic (exact) mass is 224 g/mol. The maximum atomic E-state index is 6.05. The van der Waals surface area contributed by atoms with E-state index in [4.69, 9.17) is 4.74 Å². The van der Waals surface area contributed by atoms with Crippen LogP contribution in [0.15, 0.2) is 0 Å². The van der Waals surface area contributed by atoms with E-state index in [-0.39, 0.29) is 0 Å². The highest BCUT2D eigenvalue weighted by molar-refractivity contribution is 5.04. The maximum absolute atomic E-state index is 6.05. The van der Waals surface area contributed by atoms with E-state index < -0.39 is 0 Å². The SMILES string of the molecule is CCOC12CCCCCCCCCCC1C2. The highest BCUT2D eigenvalue weighted by atomic mass is 16.5. The zero-order valence-corrected chi connectivity index (χ0v) is 11.0. The van der Waals surface area contributed by atoms with E-state index in [9.17, 15) is 0 Å². The van der Waals surface area contributed by atoms with Crippen molar-refractivity contribution in [2.75, 3.05) is 6.61 Å². The topological polar surface area (TPSA) is 9.23 Å². The van der Waals surface area contributed by atoms with E-state index in [1.807, 2.05) is 0 Å². The first-order valence-corrected chi connectivity index (χ1v) is 7.51. The molecule has 1 nitrogen and oxygen atoms in total. The lowest BCUT2D eigenvalue weighted by Crippen LogP contribution is -2.17. The molecule has 0 radical (unpaired) electrons. The quantitative estimate of drug-likeness (QED) is 0.661. The Morgan fingerprint density at radius 2 is 1.56 bits per heavy atom. The third-order valence-electron chi connectivity index (χ3n) is 4.51. The van der Waals surface area contributed by atoms with E-state index in [2.05, 4.69) is 6.92 Å². The summed E-state index contributed by atoms with van der Waals surface area (Å²) in [6.45, 7) is 3.07. The lowest BCUT2D eigenvalue weighted by Gasteiger charge is -2.18. The minimum atomic E-state index is 0.341. The van der Waals surface area contributed by atoms with Crippen molar-refractivity contribution in [2.45, 2.75) is 83.2 Å². The molecule has 0 saturated heterocycles. The van der Waals surface area contributed by atoms with Gasteiger partial charge in [0, 0.05) is 6.61 Å². The summed E-state index contributed by atoms with van der Waals surface area (Å²) in [5, 5.41) is 0. The van der Waals surface area contributed by atoms with Crippen molar-refractivity contribution in [1.29, 1.82) is 0 Å². The van der Waals surface area contributed by atoms with Gasteiger partial charge < -0.3 is 4.74 Å². The Morgan fingerprint density at radius 1 is 0.938 bits per heavy atom. The van der Waals surface area contributed by atoms with Gasteiger partial charge in [0.25, 0.3) is 0 Å². The fourth-order valence-electron chi connectivity index (χ4n) is 3.44. The third-order valence-corrected chi connectivity index (χ3v) is 4.51. The molecule has 0 aromatic carbocycles. The number of fused-ring (bicyclic) bond motifs is 1. The van der Waals surface area contributed by atoms with Gasteiger partial charge in [-0.25, -0.2) is 0 Å². The van der Waals surface area contributed by atoms with Crippen LogP contribution in [0.3, 0.4) is 0 Å². The predicted molar refractivity (Wildman–Crippen MR) is 68.6 cm³/mol. The van der Waals surface area contributed by atoms with Gasteiger partial charge in [-0.05, 0) is 32.1 Å². The fraction of sp³-hybridized carbons (Fsp3) is 1.00. The molecule has 0 aromatic heterocycles. The average Bonchev–Trinajstić information content (AvgIpc) is 2.92. The van der Waals surface area contributed by atoms with Gasteiger partial charge >= 0.3 is 0 Å². The molecule has 0 heterocycles. The third kappa shape index (κ3) is 3.23. The van der Waals surface area contributed by atoms with Crippen LogP contribution >= 0.6 is 0 Å². The molecule has 0 aromatic rings. The lowest BCUT2D eigenvalue weighted by atomic mass is 9.99. The Kier molecular flexibility index (Phi) is 4.69. The molecule has 2 atom stereocenters. The summed E-state index contributed by atoms with van der Waals surface area (Å²) in [7, 11) is 0. The van der Waals surface area contributed by atoms with Crippen LogP contribution in [-0.4, -0.2) is 12.2 Å². The van der Waals surface area contributed by atoms with Gasteiger partial charge in [0.15, 0.2) is 0 Å². The molecule has 0 amide bonds. The summed E-state index contributed by atoms with van der Waals surface area (Å²) in [5.74, 6) is 0.909. The lowest BCUT2D eigenvalue weighted by molar-refractivity contribution is 0.0193. The second kappa shape index (κ2) is 6.05. The van der Waals surface area contributed by atoms with E-state index in [0.29, 0.717) is 5.60 Å². The Labute approximate surface area is 101 Å². The first kappa shape index (κ1) is 12.4. The first-order valence-electron chi connectivity index (χ1n) is 7.51. The number of rotatable bonds is 2. The summed E-state index contributed by atoms with van der Waals surface area (Å²) in [6.07, 6.45) is 15.7. The molecule has 2 aliphatic rings. The van der Waals surface area contributed by atoms with Gasteiger partial charge in [0.1, 0.15) is 0 Å². The van der Waals surface area contributed by atoms with Crippen molar-refractivity contribution in [3.8, 4) is 0 Å². The second-order valence-electron chi connectivity index (χ2n) is 5.77. The summed E-state index contributed by atoms with van der Waals surface area (Å²) in [5.41, 5.74) is 0.341. The first-order chi connectivity index (χ1) is 7.87. The van der Waals surface area contributed by atoms with Crippen LogP contribution in [0.2, 0.25) is 0 Å². The van der Waals surface area contributed by atoms with Crippen LogP contribution < -0.4 is 0 Å². The molecule has 0 aliphatic heterocycles. The van der Waals surface area contributed by atoms with Crippen molar-refractivity contribution in [2.24, 2.45) is 5.92 Å². The summed E-state index contributed by atoms with van der Waals surface area (Å²) < 4.78 is 6.05. The molecule has 2 saturated carbocycles. The van der Waals surface area contributed by atoms with Gasteiger partial charge in [-0.3, -0.25) is 0 Å². The zero-order valence-electron chi connectivity index (χ0n) is 11.0. The van der Waals surface area contributed by atoms with Crippen molar-refractivity contribution >= 4 is 0 Å². The molecule has 0 spiro atoms. The highest BCUT2D eigenvalue weighted by Gasteiger charge is 2.53. The average molecular weight is 224 g/mol. The molecule has 2 unspecified atom stereocenters. The van der Waals surface area contributed by atoms with Crippen LogP contribution in [0, 0.1) is 5.92 Å². The van der Waals surface area contributed by atoms with Crippen molar-refractivity contribution in [1.82, 2.24) is 0 Å². The van der Waals surface area contributed by atoms with Crippen LogP contribution in [0.5, 0.6) is 0 Å². The second-order valence-corrected chi connectivity index (χ2v) is 5.77. The molecule has 0 N–H and O–H groups in total. The normalized spacial score (nSPS) is 36.9. The predicted octanol–water partition coefficient (Wildman–Crippen LogP) is 4.70. The Balaban J connectivity index is 1.80. The minimum Gasteiger partial charge on any atom is -0.375 e. The van der Waals surface area contributed by atoms with Crippen molar-refractivity contribution in [3.05, 3.63) is 0 Å². The van der Waals surface area contributed by atoms with Gasteiger partial charge in [0.05, 0.1) is 5.60 Å². The fourth-order valence-corrected chi connectivity index (χ4v) is 3.44. The minimum absolute atomic E-state index is 0.341. The summed E-state index contributed by atoms with van der Waals surface area (Å²) in [6, 6.07) is 0. The molecule has 94 valence electrons.